The average molecular weight is 441 g/mol. The van der Waals surface area contributed by atoms with E-state index in [1.807, 2.05) is 12.1 Å². The lowest BCUT2D eigenvalue weighted by Crippen LogP contribution is -2.34. The second-order valence-corrected chi connectivity index (χ2v) is 11.0. The van der Waals surface area contributed by atoms with Gasteiger partial charge in [-0.2, -0.15) is 0 Å². The SMILES string of the molecule is C=CCCc1ccc(C2CCC3CC(C4CCC(CCC=C)CC4)CCC3C2)c(F)c1F. The fourth-order valence-electron chi connectivity index (χ4n) is 7.31. The van der Waals surface area contributed by atoms with E-state index in [9.17, 15) is 8.78 Å². The molecular formula is C30H42F2. The van der Waals surface area contributed by atoms with E-state index >= 15 is 0 Å². The fraction of sp³-hybridized carbons (Fsp3) is 0.667. The van der Waals surface area contributed by atoms with Gasteiger partial charge in [-0.05, 0) is 124 Å². The first kappa shape index (κ1) is 23.7. The molecule has 0 radical (unpaired) electrons. The van der Waals surface area contributed by atoms with Crippen LogP contribution < -0.4 is 0 Å². The third kappa shape index (κ3) is 5.37. The topological polar surface area (TPSA) is 0 Å². The number of benzene rings is 1. The maximum absolute atomic E-state index is 14.9. The molecule has 4 unspecified atom stereocenters. The summed E-state index contributed by atoms with van der Waals surface area (Å²) in [7, 11) is 0. The molecule has 0 nitrogen and oxygen atoms in total. The van der Waals surface area contributed by atoms with Gasteiger partial charge < -0.3 is 0 Å². The van der Waals surface area contributed by atoms with Gasteiger partial charge in [-0.15, -0.1) is 13.2 Å². The summed E-state index contributed by atoms with van der Waals surface area (Å²) in [4.78, 5) is 0. The average Bonchev–Trinajstić information content (AvgIpc) is 2.83. The maximum atomic E-state index is 14.9. The quantitative estimate of drug-likeness (QED) is 0.353. The minimum absolute atomic E-state index is 0.191. The van der Waals surface area contributed by atoms with Crippen molar-refractivity contribution in [3.05, 3.63) is 60.2 Å². The smallest absolute Gasteiger partial charge is 0.162 e. The Morgan fingerprint density at radius 2 is 1.34 bits per heavy atom. The molecule has 2 heteroatoms. The molecule has 4 atom stereocenters. The summed E-state index contributed by atoms with van der Waals surface area (Å²) in [5.41, 5.74) is 1.11. The number of halogens is 2. The molecule has 3 aliphatic carbocycles. The molecule has 1 aromatic rings. The van der Waals surface area contributed by atoms with Crippen molar-refractivity contribution in [1.82, 2.24) is 0 Å². The highest BCUT2D eigenvalue weighted by Gasteiger charge is 2.39. The largest absolute Gasteiger partial charge is 0.203 e. The molecule has 0 spiro atoms. The molecule has 0 bridgehead atoms. The monoisotopic (exact) mass is 440 g/mol. The minimum Gasteiger partial charge on any atom is -0.203 e. The number of hydrogen-bond acceptors (Lipinski definition) is 0. The van der Waals surface area contributed by atoms with Gasteiger partial charge in [0.05, 0.1) is 0 Å². The Hall–Kier alpha value is -1.44. The Bertz CT molecular complexity index is 773. The molecule has 3 saturated carbocycles. The predicted octanol–water partition coefficient (Wildman–Crippen LogP) is 9.16. The molecule has 1 aromatic carbocycles. The lowest BCUT2D eigenvalue weighted by Gasteiger charge is -2.45. The van der Waals surface area contributed by atoms with Crippen LogP contribution in [0.15, 0.2) is 37.4 Å². The molecule has 4 rings (SSSR count). The van der Waals surface area contributed by atoms with Gasteiger partial charge in [0.2, 0.25) is 0 Å². The van der Waals surface area contributed by atoms with Crippen molar-refractivity contribution in [3.63, 3.8) is 0 Å². The zero-order valence-corrected chi connectivity index (χ0v) is 19.8. The summed E-state index contributed by atoms with van der Waals surface area (Å²) in [6, 6.07) is 3.68. The van der Waals surface area contributed by atoms with Gasteiger partial charge in [0, 0.05) is 0 Å². The van der Waals surface area contributed by atoms with Crippen LogP contribution in [-0.2, 0) is 6.42 Å². The highest BCUT2D eigenvalue weighted by Crippen LogP contribution is 2.51. The number of fused-ring (bicyclic) bond motifs is 1. The van der Waals surface area contributed by atoms with Crippen LogP contribution in [0, 0.1) is 41.2 Å². The van der Waals surface area contributed by atoms with Gasteiger partial charge in [0.15, 0.2) is 11.6 Å². The van der Waals surface area contributed by atoms with E-state index in [-0.39, 0.29) is 5.92 Å². The van der Waals surface area contributed by atoms with E-state index in [0.717, 1.165) is 36.5 Å². The Morgan fingerprint density at radius 1 is 0.719 bits per heavy atom. The molecule has 0 amide bonds. The summed E-state index contributed by atoms with van der Waals surface area (Å²) >= 11 is 0. The van der Waals surface area contributed by atoms with Crippen LogP contribution in [0.4, 0.5) is 8.78 Å². The van der Waals surface area contributed by atoms with E-state index in [1.165, 1.54) is 64.2 Å². The summed E-state index contributed by atoms with van der Waals surface area (Å²) in [6.07, 6.45) is 20.5. The first-order valence-electron chi connectivity index (χ1n) is 13.3. The zero-order valence-electron chi connectivity index (χ0n) is 19.8. The third-order valence-corrected chi connectivity index (χ3v) is 9.24. The summed E-state index contributed by atoms with van der Waals surface area (Å²) in [5.74, 6) is 3.26. The van der Waals surface area contributed by atoms with E-state index in [4.69, 9.17) is 0 Å². The van der Waals surface area contributed by atoms with E-state index < -0.39 is 11.6 Å². The van der Waals surface area contributed by atoms with E-state index in [0.29, 0.717) is 29.9 Å². The van der Waals surface area contributed by atoms with Crippen LogP contribution in [0.1, 0.15) is 101 Å². The molecule has 0 heterocycles. The first-order valence-corrected chi connectivity index (χ1v) is 13.3. The van der Waals surface area contributed by atoms with Crippen molar-refractivity contribution >= 4 is 0 Å². The van der Waals surface area contributed by atoms with Gasteiger partial charge in [0.25, 0.3) is 0 Å². The molecule has 0 saturated heterocycles. The van der Waals surface area contributed by atoms with Gasteiger partial charge in [-0.1, -0.05) is 37.1 Å². The molecule has 3 fully saturated rings. The lowest BCUT2D eigenvalue weighted by molar-refractivity contribution is 0.0708. The van der Waals surface area contributed by atoms with Crippen LogP contribution in [0.2, 0.25) is 0 Å². The van der Waals surface area contributed by atoms with Gasteiger partial charge >= 0.3 is 0 Å². The second kappa shape index (κ2) is 11.1. The molecular weight excluding hydrogens is 398 g/mol. The normalized spacial score (nSPS) is 32.8. The predicted molar refractivity (Wildman–Crippen MR) is 131 cm³/mol. The highest BCUT2D eigenvalue weighted by molar-refractivity contribution is 5.30. The summed E-state index contributed by atoms with van der Waals surface area (Å²) in [5, 5.41) is 0. The summed E-state index contributed by atoms with van der Waals surface area (Å²) in [6.45, 7) is 7.56. The molecule has 0 aliphatic heterocycles. The first-order chi connectivity index (χ1) is 15.6. The summed E-state index contributed by atoms with van der Waals surface area (Å²) < 4.78 is 29.5. The lowest BCUT2D eigenvalue weighted by atomic mass is 9.60. The minimum atomic E-state index is -0.626. The Balaban J connectivity index is 1.31. The number of allylic oxidation sites excluding steroid dienone is 2. The van der Waals surface area contributed by atoms with Crippen LogP contribution in [0.5, 0.6) is 0 Å². The molecule has 0 N–H and O–H groups in total. The fourth-order valence-corrected chi connectivity index (χ4v) is 7.31. The zero-order chi connectivity index (χ0) is 22.5. The van der Waals surface area contributed by atoms with Crippen molar-refractivity contribution in [1.29, 1.82) is 0 Å². The van der Waals surface area contributed by atoms with Crippen LogP contribution >= 0.6 is 0 Å². The molecule has 176 valence electrons. The molecule has 3 aliphatic rings. The van der Waals surface area contributed by atoms with Crippen molar-refractivity contribution < 1.29 is 8.78 Å². The highest BCUT2D eigenvalue weighted by atomic mass is 19.2. The number of hydrogen-bond donors (Lipinski definition) is 0. The van der Waals surface area contributed by atoms with Crippen molar-refractivity contribution in [3.8, 4) is 0 Å². The van der Waals surface area contributed by atoms with E-state index in [2.05, 4.69) is 19.2 Å². The van der Waals surface area contributed by atoms with Crippen molar-refractivity contribution in [2.24, 2.45) is 29.6 Å². The Morgan fingerprint density at radius 3 is 2.06 bits per heavy atom. The molecule has 0 aromatic heterocycles. The van der Waals surface area contributed by atoms with Crippen molar-refractivity contribution in [2.45, 2.75) is 95.8 Å². The van der Waals surface area contributed by atoms with Gasteiger partial charge in [0.1, 0.15) is 0 Å². The van der Waals surface area contributed by atoms with Crippen LogP contribution in [-0.4, -0.2) is 0 Å². The van der Waals surface area contributed by atoms with E-state index in [1.54, 1.807) is 6.08 Å². The standard InChI is InChI=1S/C30H42F2/c1-3-5-7-21-9-11-22(12-10-21)24-13-14-26-20-27(16-15-25(26)19-24)28-18-17-23(8-6-4-2)29(31)30(28)32/h3-4,17-18,21-22,24-27H,1-2,5-16,19-20H2. The van der Waals surface area contributed by atoms with Crippen molar-refractivity contribution in [2.75, 3.05) is 0 Å². The van der Waals surface area contributed by atoms with Gasteiger partial charge in [-0.3, -0.25) is 0 Å². The maximum Gasteiger partial charge on any atom is 0.162 e. The van der Waals surface area contributed by atoms with Crippen LogP contribution in [0.25, 0.3) is 0 Å². The molecule has 32 heavy (non-hydrogen) atoms. The number of rotatable bonds is 8. The Labute approximate surface area is 194 Å². The van der Waals surface area contributed by atoms with Gasteiger partial charge in [-0.25, -0.2) is 8.78 Å². The second-order valence-electron chi connectivity index (χ2n) is 11.0. The van der Waals surface area contributed by atoms with Crippen LogP contribution in [0.3, 0.4) is 0 Å². The third-order valence-electron chi connectivity index (χ3n) is 9.24. The number of aryl methyl sites for hydroxylation is 1. The Kier molecular flexibility index (Phi) is 8.24.